The van der Waals surface area contributed by atoms with Crippen LogP contribution in [0.2, 0.25) is 0 Å². The van der Waals surface area contributed by atoms with E-state index in [0.717, 1.165) is 29.1 Å². The maximum Gasteiger partial charge on any atom is 0.0993 e. The van der Waals surface area contributed by atoms with Crippen LogP contribution < -0.4 is 0 Å². The summed E-state index contributed by atoms with van der Waals surface area (Å²) < 4.78 is 5.73. The van der Waals surface area contributed by atoms with E-state index in [1.54, 1.807) is 16.9 Å². The molecular formula is C26H38O2S. The molecule has 0 saturated heterocycles. The molecule has 1 aromatic heterocycles. The summed E-state index contributed by atoms with van der Waals surface area (Å²) in [6.07, 6.45) is 13.0. The molecule has 2 nitrogen and oxygen atoms in total. The summed E-state index contributed by atoms with van der Waals surface area (Å²) in [6, 6.07) is 4.22. The predicted molar refractivity (Wildman–Crippen MR) is 120 cm³/mol. The number of hydrogen-bond donors (Lipinski definition) is 1. The average Bonchev–Trinajstić information content (AvgIpc) is 3.35. The fourth-order valence-corrected chi connectivity index (χ4v) is 9.33. The lowest BCUT2D eigenvalue weighted by molar-refractivity contribution is -0.104. The van der Waals surface area contributed by atoms with Gasteiger partial charge < -0.3 is 9.84 Å². The van der Waals surface area contributed by atoms with E-state index in [0.29, 0.717) is 17.4 Å². The molecule has 3 fully saturated rings. The van der Waals surface area contributed by atoms with Crippen molar-refractivity contribution >= 4 is 11.3 Å². The average molecular weight is 415 g/mol. The van der Waals surface area contributed by atoms with E-state index in [4.69, 9.17) is 4.74 Å². The fourth-order valence-electron chi connectivity index (χ4n) is 8.49. The maximum atomic E-state index is 11.7. The van der Waals surface area contributed by atoms with Crippen molar-refractivity contribution in [2.75, 3.05) is 7.11 Å². The van der Waals surface area contributed by atoms with Gasteiger partial charge in [0.15, 0.2) is 0 Å². The Kier molecular flexibility index (Phi) is 4.85. The molecule has 1 N–H and O–H groups in total. The Morgan fingerprint density at radius 1 is 1.14 bits per heavy atom. The standard InChI is InChI=1S/C26H38O2S/c1-24-13-11-18(28-4)16-17(24)7-8-19-20-9-10-22(25(20,2)14-12-21(19)24)26(3,27)23-6-5-15-29-23/h5-7,15,18-22,27H,8-14,16H2,1-4H3/t18-,19-,20-,21-,22-,24-,25-,26+/m0/s1. The number of ether oxygens (including phenoxy) is 1. The van der Waals surface area contributed by atoms with Gasteiger partial charge in [-0.3, -0.25) is 0 Å². The number of hydrogen-bond acceptors (Lipinski definition) is 3. The lowest BCUT2D eigenvalue weighted by Crippen LogP contribution is -2.52. The molecule has 8 atom stereocenters. The van der Waals surface area contributed by atoms with E-state index in [2.05, 4.69) is 44.4 Å². The van der Waals surface area contributed by atoms with E-state index in [1.165, 1.54) is 44.9 Å². The second-order valence-electron chi connectivity index (χ2n) is 11.2. The molecule has 160 valence electrons. The Morgan fingerprint density at radius 3 is 2.69 bits per heavy atom. The van der Waals surface area contributed by atoms with Crippen LogP contribution in [-0.2, 0) is 10.3 Å². The predicted octanol–water partition coefficient (Wildman–Crippen LogP) is 6.55. The number of aliphatic hydroxyl groups is 1. The highest BCUT2D eigenvalue weighted by Gasteiger charge is 2.61. The number of fused-ring (bicyclic) bond motifs is 5. The van der Waals surface area contributed by atoms with E-state index in [-0.39, 0.29) is 5.41 Å². The van der Waals surface area contributed by atoms with Gasteiger partial charge in [0.2, 0.25) is 0 Å². The van der Waals surface area contributed by atoms with Crippen molar-refractivity contribution < 1.29 is 9.84 Å². The van der Waals surface area contributed by atoms with Crippen LogP contribution in [-0.4, -0.2) is 18.3 Å². The maximum absolute atomic E-state index is 11.7. The molecule has 0 aromatic carbocycles. The van der Waals surface area contributed by atoms with Crippen LogP contribution in [0.15, 0.2) is 29.2 Å². The molecule has 0 aliphatic heterocycles. The largest absolute Gasteiger partial charge is 0.384 e. The van der Waals surface area contributed by atoms with Crippen LogP contribution in [0.5, 0.6) is 0 Å². The Balaban J connectivity index is 1.44. The number of allylic oxidation sites excluding steroid dienone is 1. The summed E-state index contributed by atoms with van der Waals surface area (Å²) in [6.45, 7) is 7.19. The zero-order valence-electron chi connectivity index (χ0n) is 18.6. The topological polar surface area (TPSA) is 29.5 Å². The first kappa shape index (κ1) is 20.3. The Hall–Kier alpha value is -0.640. The molecule has 0 spiro atoms. The van der Waals surface area contributed by atoms with Crippen molar-refractivity contribution in [2.45, 2.75) is 83.8 Å². The summed E-state index contributed by atoms with van der Waals surface area (Å²) in [5, 5.41) is 13.8. The van der Waals surface area contributed by atoms with Crippen LogP contribution in [0.4, 0.5) is 0 Å². The first-order chi connectivity index (χ1) is 13.8. The molecule has 0 radical (unpaired) electrons. The van der Waals surface area contributed by atoms with Crippen molar-refractivity contribution in [2.24, 2.45) is 34.5 Å². The van der Waals surface area contributed by atoms with Gasteiger partial charge in [-0.2, -0.15) is 0 Å². The van der Waals surface area contributed by atoms with E-state index < -0.39 is 5.60 Å². The van der Waals surface area contributed by atoms with E-state index >= 15 is 0 Å². The van der Waals surface area contributed by atoms with Crippen molar-refractivity contribution in [3.8, 4) is 0 Å². The van der Waals surface area contributed by atoms with E-state index in [1.807, 2.05) is 7.11 Å². The monoisotopic (exact) mass is 414 g/mol. The van der Waals surface area contributed by atoms with Gasteiger partial charge in [-0.25, -0.2) is 0 Å². The molecule has 1 aromatic rings. The zero-order valence-corrected chi connectivity index (χ0v) is 19.4. The van der Waals surface area contributed by atoms with Gasteiger partial charge in [-0.15, -0.1) is 11.3 Å². The Labute approximate surface area is 180 Å². The molecule has 4 aliphatic carbocycles. The van der Waals surface area contributed by atoms with Gasteiger partial charge in [-0.05, 0) is 104 Å². The smallest absolute Gasteiger partial charge is 0.0993 e. The van der Waals surface area contributed by atoms with Gasteiger partial charge in [0.25, 0.3) is 0 Å². The molecule has 0 unspecified atom stereocenters. The van der Waals surface area contributed by atoms with E-state index in [9.17, 15) is 5.11 Å². The number of thiophene rings is 1. The van der Waals surface area contributed by atoms with Gasteiger partial charge in [0, 0.05) is 12.0 Å². The summed E-state index contributed by atoms with van der Waals surface area (Å²) in [5.74, 6) is 2.75. The van der Waals surface area contributed by atoms with Gasteiger partial charge in [-0.1, -0.05) is 31.6 Å². The lowest BCUT2D eigenvalue weighted by atomic mass is 9.46. The highest BCUT2D eigenvalue weighted by molar-refractivity contribution is 7.10. The normalized spacial score (nSPS) is 46.2. The molecule has 3 heteroatoms. The third-order valence-electron chi connectivity index (χ3n) is 10.1. The van der Waals surface area contributed by atoms with Gasteiger partial charge >= 0.3 is 0 Å². The van der Waals surface area contributed by atoms with Crippen LogP contribution in [0, 0.1) is 34.5 Å². The van der Waals surface area contributed by atoms with Crippen LogP contribution in [0.25, 0.3) is 0 Å². The summed E-state index contributed by atoms with van der Waals surface area (Å²) >= 11 is 1.72. The van der Waals surface area contributed by atoms with Crippen molar-refractivity contribution in [1.82, 2.24) is 0 Å². The Bertz CT molecular complexity index is 781. The Morgan fingerprint density at radius 2 is 1.97 bits per heavy atom. The molecule has 5 rings (SSSR count). The highest BCUT2D eigenvalue weighted by Crippen LogP contribution is 2.68. The first-order valence-electron chi connectivity index (χ1n) is 11.8. The second-order valence-corrected chi connectivity index (χ2v) is 12.1. The summed E-state index contributed by atoms with van der Waals surface area (Å²) in [5.41, 5.74) is 1.65. The second kappa shape index (κ2) is 6.93. The minimum absolute atomic E-state index is 0.264. The molecule has 4 aliphatic rings. The zero-order chi connectivity index (χ0) is 20.4. The fraction of sp³-hybridized carbons (Fsp3) is 0.769. The summed E-state index contributed by atoms with van der Waals surface area (Å²) in [7, 11) is 1.88. The molecule has 0 bridgehead atoms. The van der Waals surface area contributed by atoms with Gasteiger partial charge in [0.1, 0.15) is 0 Å². The highest BCUT2D eigenvalue weighted by atomic mass is 32.1. The van der Waals surface area contributed by atoms with Crippen LogP contribution in [0.1, 0.15) is 77.0 Å². The third-order valence-corrected chi connectivity index (χ3v) is 11.2. The third kappa shape index (κ3) is 2.87. The minimum atomic E-state index is -0.694. The molecular weight excluding hydrogens is 376 g/mol. The first-order valence-corrected chi connectivity index (χ1v) is 12.7. The number of rotatable bonds is 3. The van der Waals surface area contributed by atoms with Crippen molar-refractivity contribution in [1.29, 1.82) is 0 Å². The van der Waals surface area contributed by atoms with Crippen molar-refractivity contribution in [3.05, 3.63) is 34.0 Å². The van der Waals surface area contributed by atoms with Crippen molar-refractivity contribution in [3.63, 3.8) is 0 Å². The lowest BCUT2D eigenvalue weighted by Gasteiger charge is -2.59. The molecule has 1 heterocycles. The quantitative estimate of drug-likeness (QED) is 0.568. The summed E-state index contributed by atoms with van der Waals surface area (Å²) in [4.78, 5) is 1.15. The molecule has 0 amide bonds. The van der Waals surface area contributed by atoms with Crippen LogP contribution >= 0.6 is 11.3 Å². The molecule has 3 saturated carbocycles. The SMILES string of the molecule is CO[C@H]1CC[C@@]2(C)C(=CC[C@H]3[C@@H]4CC[C@H]([C@@](C)(O)c5cccs5)[C@@]4(C)CC[C@@H]32)C1. The number of methoxy groups -OCH3 is 1. The van der Waals surface area contributed by atoms with Crippen LogP contribution in [0.3, 0.4) is 0 Å². The minimum Gasteiger partial charge on any atom is -0.384 e. The molecule has 29 heavy (non-hydrogen) atoms. The van der Waals surface area contributed by atoms with Gasteiger partial charge in [0.05, 0.1) is 11.7 Å².